The fraction of sp³-hybridized carbons (Fsp3) is 0.200. The number of nitrogens with zero attached hydrogens (tertiary/aromatic N) is 3. The maximum Gasteiger partial charge on any atom is 0.333 e. The van der Waals surface area contributed by atoms with Crippen molar-refractivity contribution in [2.45, 2.75) is 19.4 Å². The molecule has 1 aliphatic heterocycles. The number of hydrogen-bond acceptors (Lipinski definition) is 5. The van der Waals surface area contributed by atoms with Gasteiger partial charge in [-0.3, -0.25) is 14.3 Å². The van der Waals surface area contributed by atoms with Crippen molar-refractivity contribution in [1.82, 2.24) is 14.8 Å². The Morgan fingerprint density at radius 3 is 2.36 bits per heavy atom. The Labute approximate surface area is 126 Å². The molecule has 0 radical (unpaired) electrons. The number of aryl methyl sites for hydroxylation is 1. The summed E-state index contributed by atoms with van der Waals surface area (Å²) in [6.07, 6.45) is 4.03. The molecular formula is C15H13N3O4. The largest absolute Gasteiger partial charge is 0.333 e. The Morgan fingerprint density at radius 1 is 1.09 bits per heavy atom. The third kappa shape index (κ3) is 2.60. The smallest absolute Gasteiger partial charge is 0.330 e. The highest BCUT2D eigenvalue weighted by atomic mass is 16.7. The second-order valence-electron chi connectivity index (χ2n) is 4.79. The molecule has 0 N–H and O–H groups in total. The number of hydroxylamine groups is 2. The van der Waals surface area contributed by atoms with E-state index in [2.05, 4.69) is 5.10 Å². The minimum absolute atomic E-state index is 0.0905. The van der Waals surface area contributed by atoms with Gasteiger partial charge in [0.2, 0.25) is 0 Å². The van der Waals surface area contributed by atoms with Gasteiger partial charge in [0.05, 0.1) is 11.1 Å². The number of rotatable bonds is 5. The predicted octanol–water partition coefficient (Wildman–Crippen LogP) is 1.42. The third-order valence-electron chi connectivity index (χ3n) is 3.28. The minimum Gasteiger partial charge on any atom is -0.330 e. The highest BCUT2D eigenvalue weighted by molar-refractivity contribution is 6.20. The van der Waals surface area contributed by atoms with E-state index in [4.69, 9.17) is 4.84 Å². The lowest BCUT2D eigenvalue weighted by molar-refractivity contribution is -0.168. The molecule has 0 unspecified atom stereocenters. The van der Waals surface area contributed by atoms with Crippen LogP contribution in [0.25, 0.3) is 0 Å². The second-order valence-corrected chi connectivity index (χ2v) is 4.79. The Hall–Kier alpha value is -2.96. The van der Waals surface area contributed by atoms with E-state index in [0.29, 0.717) is 18.0 Å². The van der Waals surface area contributed by atoms with E-state index >= 15 is 0 Å². The average molecular weight is 299 g/mol. The SMILES string of the molecule is O=C(CCCn1cccn1)ON1C(=O)c2ccccc2C1=O. The molecule has 1 aromatic carbocycles. The molecule has 0 saturated heterocycles. The lowest BCUT2D eigenvalue weighted by atomic mass is 10.1. The van der Waals surface area contributed by atoms with Crippen LogP contribution in [0.1, 0.15) is 33.6 Å². The van der Waals surface area contributed by atoms with Crippen molar-refractivity contribution in [3.05, 3.63) is 53.9 Å². The average Bonchev–Trinajstić information content (AvgIpc) is 3.11. The Morgan fingerprint density at radius 2 is 1.77 bits per heavy atom. The number of imide groups is 1. The van der Waals surface area contributed by atoms with Crippen LogP contribution in [-0.4, -0.2) is 32.6 Å². The van der Waals surface area contributed by atoms with E-state index in [1.807, 2.05) is 0 Å². The van der Waals surface area contributed by atoms with Gasteiger partial charge in [-0.1, -0.05) is 17.2 Å². The summed E-state index contributed by atoms with van der Waals surface area (Å²) in [6, 6.07) is 8.15. The molecule has 0 bridgehead atoms. The molecule has 2 aromatic rings. The van der Waals surface area contributed by atoms with Crippen molar-refractivity contribution < 1.29 is 19.2 Å². The van der Waals surface area contributed by atoms with Crippen molar-refractivity contribution in [2.75, 3.05) is 0 Å². The zero-order valence-electron chi connectivity index (χ0n) is 11.6. The molecule has 0 spiro atoms. The summed E-state index contributed by atoms with van der Waals surface area (Å²) < 4.78 is 1.69. The second kappa shape index (κ2) is 5.80. The summed E-state index contributed by atoms with van der Waals surface area (Å²) >= 11 is 0. The van der Waals surface area contributed by atoms with E-state index in [9.17, 15) is 14.4 Å². The Kier molecular flexibility index (Phi) is 3.69. The van der Waals surface area contributed by atoms with Gasteiger partial charge in [-0.25, -0.2) is 4.79 Å². The van der Waals surface area contributed by atoms with Crippen LogP contribution < -0.4 is 0 Å². The molecule has 22 heavy (non-hydrogen) atoms. The van der Waals surface area contributed by atoms with Gasteiger partial charge in [-0.15, -0.1) is 0 Å². The molecule has 112 valence electrons. The van der Waals surface area contributed by atoms with Crippen LogP contribution in [0.3, 0.4) is 0 Å². The number of benzene rings is 1. The highest BCUT2D eigenvalue weighted by Gasteiger charge is 2.38. The van der Waals surface area contributed by atoms with E-state index in [1.54, 1.807) is 35.3 Å². The molecule has 2 heterocycles. The van der Waals surface area contributed by atoms with Crippen molar-refractivity contribution >= 4 is 17.8 Å². The standard InChI is InChI=1S/C15H13N3O4/c19-13(7-3-9-17-10-4-8-16-17)22-18-14(20)11-5-1-2-6-12(11)15(18)21/h1-2,4-6,8,10H,3,7,9H2. The summed E-state index contributed by atoms with van der Waals surface area (Å²) in [7, 11) is 0. The molecule has 2 amide bonds. The van der Waals surface area contributed by atoms with Gasteiger partial charge in [0.15, 0.2) is 0 Å². The predicted molar refractivity (Wildman–Crippen MR) is 74.5 cm³/mol. The summed E-state index contributed by atoms with van der Waals surface area (Å²) in [4.78, 5) is 40.7. The van der Waals surface area contributed by atoms with E-state index < -0.39 is 17.8 Å². The molecule has 0 saturated carbocycles. The number of amides is 2. The maximum atomic E-state index is 12.0. The number of fused-ring (bicyclic) bond motifs is 1. The number of aromatic nitrogens is 2. The first-order chi connectivity index (χ1) is 10.7. The van der Waals surface area contributed by atoms with Crippen LogP contribution in [0, 0.1) is 0 Å². The van der Waals surface area contributed by atoms with E-state index in [0.717, 1.165) is 0 Å². The van der Waals surface area contributed by atoms with Crippen molar-refractivity contribution in [3.8, 4) is 0 Å². The Balaban J connectivity index is 1.56. The first-order valence-corrected chi connectivity index (χ1v) is 6.83. The van der Waals surface area contributed by atoms with Gasteiger partial charge in [0.25, 0.3) is 11.8 Å². The quantitative estimate of drug-likeness (QED) is 0.780. The molecule has 1 aliphatic rings. The summed E-state index contributed by atoms with van der Waals surface area (Å²) in [5.74, 6) is -1.84. The van der Waals surface area contributed by atoms with Gasteiger partial charge in [-0.2, -0.15) is 5.10 Å². The number of hydrogen-bond donors (Lipinski definition) is 0. The normalized spacial score (nSPS) is 13.4. The van der Waals surface area contributed by atoms with Crippen LogP contribution in [0.4, 0.5) is 0 Å². The fourth-order valence-corrected chi connectivity index (χ4v) is 2.22. The first kappa shape index (κ1) is 14.0. The van der Waals surface area contributed by atoms with Crippen molar-refractivity contribution in [3.63, 3.8) is 0 Å². The zero-order chi connectivity index (χ0) is 15.5. The van der Waals surface area contributed by atoms with Crippen LogP contribution in [0.2, 0.25) is 0 Å². The molecule has 0 fully saturated rings. The van der Waals surface area contributed by atoms with E-state index in [-0.39, 0.29) is 17.5 Å². The van der Waals surface area contributed by atoms with Gasteiger partial charge in [-0.05, 0) is 24.6 Å². The number of carbonyl (C=O) groups is 3. The molecule has 7 heteroatoms. The molecule has 0 aliphatic carbocycles. The van der Waals surface area contributed by atoms with Crippen LogP contribution >= 0.6 is 0 Å². The van der Waals surface area contributed by atoms with Gasteiger partial charge >= 0.3 is 5.97 Å². The van der Waals surface area contributed by atoms with Gasteiger partial charge < -0.3 is 4.84 Å². The van der Waals surface area contributed by atoms with Crippen LogP contribution in [0.5, 0.6) is 0 Å². The van der Waals surface area contributed by atoms with Crippen molar-refractivity contribution in [2.24, 2.45) is 0 Å². The van der Waals surface area contributed by atoms with Gasteiger partial charge in [0, 0.05) is 25.4 Å². The molecule has 7 nitrogen and oxygen atoms in total. The molecule has 1 aromatic heterocycles. The number of carbonyl (C=O) groups excluding carboxylic acids is 3. The van der Waals surface area contributed by atoms with Crippen molar-refractivity contribution in [1.29, 1.82) is 0 Å². The van der Waals surface area contributed by atoms with E-state index in [1.165, 1.54) is 12.1 Å². The summed E-state index contributed by atoms with van der Waals surface area (Å²) in [5.41, 5.74) is 0.494. The lowest BCUT2D eigenvalue weighted by Gasteiger charge is -2.12. The lowest BCUT2D eigenvalue weighted by Crippen LogP contribution is -2.32. The zero-order valence-corrected chi connectivity index (χ0v) is 11.6. The van der Waals surface area contributed by atoms with Crippen LogP contribution in [-0.2, 0) is 16.2 Å². The fourth-order valence-electron chi connectivity index (χ4n) is 2.22. The maximum absolute atomic E-state index is 12.0. The molecule has 0 atom stereocenters. The topological polar surface area (TPSA) is 81.5 Å². The monoisotopic (exact) mass is 299 g/mol. The molecular weight excluding hydrogens is 286 g/mol. The van der Waals surface area contributed by atoms with Gasteiger partial charge in [0.1, 0.15) is 0 Å². The third-order valence-corrected chi connectivity index (χ3v) is 3.28. The first-order valence-electron chi connectivity index (χ1n) is 6.83. The highest BCUT2D eigenvalue weighted by Crippen LogP contribution is 2.22. The minimum atomic E-state index is -0.623. The summed E-state index contributed by atoms with van der Waals surface area (Å²) in [6.45, 7) is 0.560. The van der Waals surface area contributed by atoms with Crippen LogP contribution in [0.15, 0.2) is 42.7 Å². The summed E-state index contributed by atoms with van der Waals surface area (Å²) in [5, 5.41) is 4.54. The Bertz CT molecular complexity index is 689. The molecule has 3 rings (SSSR count).